The molecule has 0 spiro atoms. The lowest BCUT2D eigenvalue weighted by Gasteiger charge is -2.16. The van der Waals surface area contributed by atoms with Crippen molar-refractivity contribution in [2.24, 2.45) is 10.8 Å². The first-order chi connectivity index (χ1) is 10.5. The van der Waals surface area contributed by atoms with Crippen LogP contribution >= 0.6 is 0 Å². The second kappa shape index (κ2) is 12.3. The van der Waals surface area contributed by atoms with Crippen molar-refractivity contribution in [3.63, 3.8) is 0 Å². The summed E-state index contributed by atoms with van der Waals surface area (Å²) in [5.74, 6) is -0.998. The molecule has 0 atom stereocenters. The molecule has 0 radical (unpaired) electrons. The highest BCUT2D eigenvalue weighted by atomic mass is 16.5. The average Bonchev–Trinajstić information content (AvgIpc) is 2.76. The van der Waals surface area contributed by atoms with Crippen molar-refractivity contribution < 1.29 is 34.8 Å². The Hall–Kier alpha value is -1.18. The molecule has 0 saturated carbocycles. The number of carbonyl (C=O) groups is 2. The molecule has 0 aromatic carbocycles. The number of esters is 1. The van der Waals surface area contributed by atoms with Gasteiger partial charge in [0.15, 0.2) is 0 Å². The smallest absolute Gasteiger partial charge is 0.311 e. The summed E-state index contributed by atoms with van der Waals surface area (Å²) in [7, 11) is 0. The van der Waals surface area contributed by atoms with Crippen molar-refractivity contribution in [3.05, 3.63) is 0 Å². The number of rotatable bonds is 4. The monoisotopic (exact) mass is 336 g/mol. The maximum atomic E-state index is 10.5. The molecule has 1 fully saturated rings. The molecule has 0 aromatic rings. The van der Waals surface area contributed by atoms with E-state index in [4.69, 9.17) is 25.2 Å². The first-order valence-electron chi connectivity index (χ1n) is 7.74. The molecule has 4 N–H and O–H groups in total. The Labute approximate surface area is 138 Å². The van der Waals surface area contributed by atoms with Gasteiger partial charge in [0.2, 0.25) is 0 Å². The fourth-order valence-corrected chi connectivity index (χ4v) is 0.924. The van der Waals surface area contributed by atoms with Crippen LogP contribution in [0, 0.1) is 10.8 Å². The fraction of sp³-hybridized carbons (Fsp3) is 0.875. The van der Waals surface area contributed by atoms with E-state index in [1.807, 2.05) is 0 Å². The molecule has 1 aliphatic heterocycles. The van der Waals surface area contributed by atoms with Gasteiger partial charge < -0.3 is 25.2 Å². The SMILES string of the molecule is CC(C)(CO)C(=O)O.CC(C)(CO)CO.O=C1CCCCCO1. The van der Waals surface area contributed by atoms with Gasteiger partial charge in [-0.2, -0.15) is 0 Å². The minimum absolute atomic E-state index is 0.0255. The van der Waals surface area contributed by atoms with Crippen molar-refractivity contribution in [1.82, 2.24) is 0 Å². The number of aliphatic carboxylic acids is 1. The third-order valence-electron chi connectivity index (χ3n) is 3.12. The zero-order chi connectivity index (χ0) is 18.5. The van der Waals surface area contributed by atoms with Crippen molar-refractivity contribution >= 4 is 11.9 Å². The molecule has 1 rings (SSSR count). The standard InChI is InChI=1S/C6H10O2.C5H10O3.C5H12O2/c7-6-4-2-1-3-5-8-6;1-5(2,3-6)4(7)8;1-5(2,3-6)4-7/h1-5H2;6H,3H2,1-2H3,(H,7,8);6-7H,3-4H2,1-2H3. The van der Waals surface area contributed by atoms with E-state index in [-0.39, 0.29) is 31.2 Å². The van der Waals surface area contributed by atoms with Crippen molar-refractivity contribution in [1.29, 1.82) is 0 Å². The molecule has 0 unspecified atom stereocenters. The van der Waals surface area contributed by atoms with Crippen molar-refractivity contribution in [3.8, 4) is 0 Å². The number of ether oxygens (including phenoxy) is 1. The average molecular weight is 336 g/mol. The van der Waals surface area contributed by atoms with E-state index < -0.39 is 11.4 Å². The molecular formula is C16H32O7. The molecule has 1 heterocycles. The van der Waals surface area contributed by atoms with Crippen molar-refractivity contribution in [2.75, 3.05) is 26.4 Å². The highest BCUT2D eigenvalue weighted by Gasteiger charge is 2.25. The predicted octanol–water partition coefficient (Wildman–Crippen LogP) is 1.19. The lowest BCUT2D eigenvalue weighted by molar-refractivity contribution is -0.149. The number of aliphatic hydroxyl groups excluding tert-OH is 3. The Balaban J connectivity index is 0. The molecule has 138 valence electrons. The van der Waals surface area contributed by atoms with Gasteiger partial charge in [-0.25, -0.2) is 0 Å². The zero-order valence-electron chi connectivity index (χ0n) is 14.7. The van der Waals surface area contributed by atoms with Gasteiger partial charge in [0.1, 0.15) is 0 Å². The number of carboxylic acid groups (broad SMARTS) is 1. The molecule has 0 aromatic heterocycles. The van der Waals surface area contributed by atoms with Gasteiger partial charge in [-0.05, 0) is 33.1 Å². The Morgan fingerprint density at radius 1 is 1.00 bits per heavy atom. The van der Waals surface area contributed by atoms with E-state index in [0.29, 0.717) is 13.0 Å². The molecule has 0 aliphatic carbocycles. The third-order valence-corrected chi connectivity index (χ3v) is 3.12. The van der Waals surface area contributed by atoms with E-state index in [0.717, 1.165) is 19.3 Å². The lowest BCUT2D eigenvalue weighted by atomic mass is 9.96. The van der Waals surface area contributed by atoms with Gasteiger partial charge in [-0.1, -0.05) is 13.8 Å². The molecule has 0 amide bonds. The van der Waals surface area contributed by atoms with Gasteiger partial charge in [0.25, 0.3) is 0 Å². The highest BCUT2D eigenvalue weighted by Crippen LogP contribution is 2.12. The van der Waals surface area contributed by atoms with Gasteiger partial charge in [0, 0.05) is 11.8 Å². The first-order valence-corrected chi connectivity index (χ1v) is 7.74. The van der Waals surface area contributed by atoms with E-state index in [1.54, 1.807) is 13.8 Å². The summed E-state index contributed by atoms with van der Waals surface area (Å²) in [6.07, 6.45) is 3.83. The van der Waals surface area contributed by atoms with E-state index in [9.17, 15) is 9.59 Å². The number of carboxylic acids is 1. The van der Waals surface area contributed by atoms with Gasteiger partial charge in [0.05, 0.1) is 31.8 Å². The number of cyclic esters (lactones) is 1. The van der Waals surface area contributed by atoms with Crippen molar-refractivity contribution in [2.45, 2.75) is 53.4 Å². The summed E-state index contributed by atoms with van der Waals surface area (Å²) in [5.41, 5.74) is -1.29. The van der Waals surface area contributed by atoms with E-state index in [1.165, 1.54) is 13.8 Å². The third kappa shape index (κ3) is 14.2. The van der Waals surface area contributed by atoms with Crippen LogP contribution in [0.15, 0.2) is 0 Å². The highest BCUT2D eigenvalue weighted by molar-refractivity contribution is 5.73. The molecule has 0 bridgehead atoms. The van der Waals surface area contributed by atoms with Crippen LogP contribution in [0.25, 0.3) is 0 Å². The fourth-order valence-electron chi connectivity index (χ4n) is 0.924. The first kappa shape index (κ1) is 24.1. The molecule has 1 saturated heterocycles. The molecule has 1 aliphatic rings. The number of carbonyl (C=O) groups excluding carboxylic acids is 1. The summed E-state index contributed by atoms with van der Waals surface area (Å²) in [6.45, 7) is 6.94. The number of hydrogen-bond acceptors (Lipinski definition) is 6. The van der Waals surface area contributed by atoms with Crippen LogP contribution in [-0.2, 0) is 14.3 Å². The summed E-state index contributed by atoms with van der Waals surface area (Å²) < 4.78 is 4.76. The number of aliphatic hydroxyl groups is 3. The second-order valence-electron chi connectivity index (χ2n) is 6.86. The van der Waals surface area contributed by atoms with Crippen LogP contribution in [0.4, 0.5) is 0 Å². The minimum atomic E-state index is -0.986. The van der Waals surface area contributed by atoms with Crippen LogP contribution in [0.3, 0.4) is 0 Å². The maximum absolute atomic E-state index is 10.5. The minimum Gasteiger partial charge on any atom is -0.481 e. The topological polar surface area (TPSA) is 124 Å². The normalized spacial score (nSPS) is 15.2. The number of hydrogen-bond donors (Lipinski definition) is 4. The van der Waals surface area contributed by atoms with E-state index >= 15 is 0 Å². The molecule has 7 nitrogen and oxygen atoms in total. The summed E-state index contributed by atoms with van der Waals surface area (Å²) >= 11 is 0. The lowest BCUT2D eigenvalue weighted by Crippen LogP contribution is -2.27. The molecule has 23 heavy (non-hydrogen) atoms. The van der Waals surface area contributed by atoms with E-state index in [2.05, 4.69) is 0 Å². The Bertz CT molecular complexity index is 321. The van der Waals surface area contributed by atoms with Crippen LogP contribution in [0.5, 0.6) is 0 Å². The Morgan fingerprint density at radius 2 is 1.52 bits per heavy atom. The quantitative estimate of drug-likeness (QED) is 0.568. The van der Waals surface area contributed by atoms with Crippen LogP contribution in [0.1, 0.15) is 53.4 Å². The zero-order valence-corrected chi connectivity index (χ0v) is 14.7. The summed E-state index contributed by atoms with van der Waals surface area (Å²) in [6, 6.07) is 0. The Kier molecular flexibility index (Phi) is 12.8. The Morgan fingerprint density at radius 3 is 1.83 bits per heavy atom. The maximum Gasteiger partial charge on any atom is 0.311 e. The van der Waals surface area contributed by atoms with Crippen LogP contribution < -0.4 is 0 Å². The largest absolute Gasteiger partial charge is 0.481 e. The predicted molar refractivity (Wildman–Crippen MR) is 85.9 cm³/mol. The van der Waals surface area contributed by atoms with Gasteiger partial charge >= 0.3 is 11.9 Å². The molecule has 7 heteroatoms. The summed E-state index contributed by atoms with van der Waals surface area (Å²) in [5, 5.41) is 33.5. The second-order valence-corrected chi connectivity index (χ2v) is 6.86. The summed E-state index contributed by atoms with van der Waals surface area (Å²) in [4.78, 5) is 20.6. The molecular weight excluding hydrogens is 304 g/mol. The van der Waals surface area contributed by atoms with Gasteiger partial charge in [-0.3, -0.25) is 9.59 Å². The van der Waals surface area contributed by atoms with Crippen LogP contribution in [0.2, 0.25) is 0 Å². The van der Waals surface area contributed by atoms with Gasteiger partial charge in [-0.15, -0.1) is 0 Å². The van der Waals surface area contributed by atoms with Crippen LogP contribution in [-0.4, -0.2) is 58.8 Å².